The number of rotatable bonds is 4. The van der Waals surface area contributed by atoms with Crippen molar-refractivity contribution < 1.29 is 4.39 Å². The smallest absolute Gasteiger partial charge is 0.123 e. The number of nitrogens with zero attached hydrogens (tertiary/aromatic N) is 1. The first-order valence-corrected chi connectivity index (χ1v) is 6.58. The second-order valence-corrected chi connectivity index (χ2v) is 5.07. The summed E-state index contributed by atoms with van der Waals surface area (Å²) in [5, 5.41) is 0. The minimum absolute atomic E-state index is 0.183. The lowest BCUT2D eigenvalue weighted by atomic mass is 10.0. The number of halogens is 1. The average molecular weight is 257 g/mol. The molecule has 0 aliphatic heterocycles. The van der Waals surface area contributed by atoms with Crippen LogP contribution in [0.15, 0.2) is 48.5 Å². The van der Waals surface area contributed by atoms with Crippen molar-refractivity contribution in [2.45, 2.75) is 26.4 Å². The lowest BCUT2D eigenvalue weighted by molar-refractivity contribution is 0.252. The monoisotopic (exact) mass is 257 g/mol. The van der Waals surface area contributed by atoms with Gasteiger partial charge in [0.25, 0.3) is 0 Å². The first kappa shape index (κ1) is 13.8. The third-order valence-electron chi connectivity index (χ3n) is 3.69. The zero-order chi connectivity index (χ0) is 13.8. The van der Waals surface area contributed by atoms with Gasteiger partial charge in [0.15, 0.2) is 0 Å². The van der Waals surface area contributed by atoms with Crippen LogP contribution in [0.5, 0.6) is 0 Å². The molecule has 2 heteroatoms. The summed E-state index contributed by atoms with van der Waals surface area (Å²) in [5.41, 5.74) is 3.78. The predicted octanol–water partition coefficient (Wildman–Crippen LogP) is 4.33. The largest absolute Gasteiger partial charge is 0.295 e. The molecule has 0 aliphatic carbocycles. The average Bonchev–Trinajstić information content (AvgIpc) is 2.41. The van der Waals surface area contributed by atoms with Crippen molar-refractivity contribution in [2.75, 3.05) is 7.05 Å². The van der Waals surface area contributed by atoms with Gasteiger partial charge in [-0.3, -0.25) is 4.90 Å². The van der Waals surface area contributed by atoms with Gasteiger partial charge in [-0.25, -0.2) is 4.39 Å². The van der Waals surface area contributed by atoms with Crippen LogP contribution in [-0.4, -0.2) is 11.9 Å². The van der Waals surface area contributed by atoms with Crippen LogP contribution >= 0.6 is 0 Å². The Hall–Kier alpha value is -1.67. The van der Waals surface area contributed by atoms with E-state index < -0.39 is 0 Å². The quantitative estimate of drug-likeness (QED) is 0.788. The second-order valence-electron chi connectivity index (χ2n) is 5.07. The maximum Gasteiger partial charge on any atom is 0.123 e. The fourth-order valence-corrected chi connectivity index (χ4v) is 2.19. The van der Waals surface area contributed by atoms with Crippen molar-refractivity contribution in [3.8, 4) is 0 Å². The summed E-state index contributed by atoms with van der Waals surface area (Å²) < 4.78 is 12.9. The molecule has 2 aromatic rings. The summed E-state index contributed by atoms with van der Waals surface area (Å²) in [4.78, 5) is 2.27. The Bertz CT molecular complexity index is 533. The Morgan fingerprint density at radius 1 is 1.05 bits per heavy atom. The zero-order valence-corrected chi connectivity index (χ0v) is 11.7. The lowest BCUT2D eigenvalue weighted by Gasteiger charge is -2.25. The molecule has 0 fully saturated rings. The van der Waals surface area contributed by atoms with Gasteiger partial charge in [-0.05, 0) is 49.7 Å². The molecule has 0 radical (unpaired) electrons. The molecule has 2 aromatic carbocycles. The number of aryl methyl sites for hydroxylation is 1. The van der Waals surface area contributed by atoms with E-state index in [0.29, 0.717) is 0 Å². The standard InChI is InChI=1S/C17H20FN/c1-13-6-4-5-7-16(13)12-19(3)14(2)15-8-10-17(18)11-9-15/h4-11,14H,12H2,1-3H3. The molecule has 0 aliphatic rings. The molecular weight excluding hydrogens is 237 g/mol. The third-order valence-corrected chi connectivity index (χ3v) is 3.69. The van der Waals surface area contributed by atoms with Gasteiger partial charge in [0, 0.05) is 12.6 Å². The minimum atomic E-state index is -0.183. The predicted molar refractivity (Wildman–Crippen MR) is 77.5 cm³/mol. The van der Waals surface area contributed by atoms with Crippen LogP contribution in [0.2, 0.25) is 0 Å². The van der Waals surface area contributed by atoms with Crippen molar-refractivity contribution in [1.29, 1.82) is 0 Å². The molecule has 2 rings (SSSR count). The highest BCUT2D eigenvalue weighted by atomic mass is 19.1. The fraction of sp³-hybridized carbons (Fsp3) is 0.294. The fourth-order valence-electron chi connectivity index (χ4n) is 2.19. The summed E-state index contributed by atoms with van der Waals surface area (Å²) in [6, 6.07) is 15.4. The van der Waals surface area contributed by atoms with Gasteiger partial charge in [0.2, 0.25) is 0 Å². The van der Waals surface area contributed by atoms with E-state index in [-0.39, 0.29) is 11.9 Å². The molecule has 0 N–H and O–H groups in total. The maximum atomic E-state index is 12.9. The highest BCUT2D eigenvalue weighted by molar-refractivity contribution is 5.26. The molecule has 1 unspecified atom stereocenters. The molecule has 0 spiro atoms. The van der Waals surface area contributed by atoms with Gasteiger partial charge in [0.1, 0.15) is 5.82 Å². The van der Waals surface area contributed by atoms with E-state index in [2.05, 4.69) is 50.1 Å². The molecular formula is C17H20FN. The van der Waals surface area contributed by atoms with Crippen LogP contribution in [0.3, 0.4) is 0 Å². The Morgan fingerprint density at radius 2 is 1.68 bits per heavy atom. The van der Waals surface area contributed by atoms with E-state index in [1.165, 1.54) is 23.3 Å². The normalized spacial score (nSPS) is 12.7. The number of hydrogen-bond acceptors (Lipinski definition) is 1. The molecule has 0 heterocycles. The van der Waals surface area contributed by atoms with Crippen LogP contribution in [0, 0.1) is 12.7 Å². The highest BCUT2D eigenvalue weighted by Crippen LogP contribution is 2.21. The molecule has 100 valence electrons. The number of hydrogen-bond donors (Lipinski definition) is 0. The molecule has 0 bridgehead atoms. The van der Waals surface area contributed by atoms with Crippen LogP contribution in [-0.2, 0) is 6.54 Å². The van der Waals surface area contributed by atoms with Crippen molar-refractivity contribution in [2.24, 2.45) is 0 Å². The molecule has 1 nitrogen and oxygen atoms in total. The second kappa shape index (κ2) is 5.98. The van der Waals surface area contributed by atoms with Crippen molar-refractivity contribution in [3.05, 3.63) is 71.0 Å². The summed E-state index contributed by atoms with van der Waals surface area (Å²) in [7, 11) is 2.10. The topological polar surface area (TPSA) is 3.24 Å². The Balaban J connectivity index is 2.09. The summed E-state index contributed by atoms with van der Waals surface area (Å²) in [5.74, 6) is -0.183. The SMILES string of the molecule is Cc1ccccc1CN(C)C(C)c1ccc(F)cc1. The Labute approximate surface area is 114 Å². The van der Waals surface area contributed by atoms with Crippen LogP contribution < -0.4 is 0 Å². The van der Waals surface area contributed by atoms with E-state index in [4.69, 9.17) is 0 Å². The maximum absolute atomic E-state index is 12.9. The molecule has 19 heavy (non-hydrogen) atoms. The lowest BCUT2D eigenvalue weighted by Crippen LogP contribution is -2.22. The van der Waals surface area contributed by atoms with Gasteiger partial charge < -0.3 is 0 Å². The van der Waals surface area contributed by atoms with Crippen molar-refractivity contribution in [1.82, 2.24) is 4.90 Å². The van der Waals surface area contributed by atoms with Crippen molar-refractivity contribution in [3.63, 3.8) is 0 Å². The van der Waals surface area contributed by atoms with E-state index in [1.54, 1.807) is 0 Å². The molecule has 1 atom stereocenters. The van der Waals surface area contributed by atoms with E-state index >= 15 is 0 Å². The van der Waals surface area contributed by atoms with E-state index in [9.17, 15) is 4.39 Å². The first-order valence-electron chi connectivity index (χ1n) is 6.58. The van der Waals surface area contributed by atoms with Crippen molar-refractivity contribution >= 4 is 0 Å². The van der Waals surface area contributed by atoms with Gasteiger partial charge in [-0.15, -0.1) is 0 Å². The molecule has 0 saturated carbocycles. The zero-order valence-electron chi connectivity index (χ0n) is 11.7. The van der Waals surface area contributed by atoms with Crippen LogP contribution in [0.25, 0.3) is 0 Å². The van der Waals surface area contributed by atoms with Gasteiger partial charge in [-0.1, -0.05) is 36.4 Å². The molecule has 0 aromatic heterocycles. The van der Waals surface area contributed by atoms with E-state index in [1.807, 2.05) is 12.1 Å². The van der Waals surface area contributed by atoms with E-state index in [0.717, 1.165) is 12.1 Å². The van der Waals surface area contributed by atoms with Gasteiger partial charge in [0.05, 0.1) is 0 Å². The van der Waals surface area contributed by atoms with Gasteiger partial charge >= 0.3 is 0 Å². The minimum Gasteiger partial charge on any atom is -0.295 e. The summed E-state index contributed by atoms with van der Waals surface area (Å²) in [6.07, 6.45) is 0. The molecule has 0 saturated heterocycles. The van der Waals surface area contributed by atoms with Crippen LogP contribution in [0.1, 0.15) is 29.7 Å². The Kier molecular flexibility index (Phi) is 4.33. The first-order chi connectivity index (χ1) is 9.08. The Morgan fingerprint density at radius 3 is 2.32 bits per heavy atom. The highest BCUT2D eigenvalue weighted by Gasteiger charge is 2.12. The third kappa shape index (κ3) is 3.42. The molecule has 0 amide bonds. The van der Waals surface area contributed by atoms with Crippen LogP contribution in [0.4, 0.5) is 4.39 Å². The summed E-state index contributed by atoms with van der Waals surface area (Å²) in [6.45, 7) is 5.17. The number of benzene rings is 2. The summed E-state index contributed by atoms with van der Waals surface area (Å²) >= 11 is 0. The van der Waals surface area contributed by atoms with Gasteiger partial charge in [-0.2, -0.15) is 0 Å².